The highest BCUT2D eigenvalue weighted by molar-refractivity contribution is 6.65. The fraction of sp³-hybridized carbons (Fsp3) is 0.727. The Morgan fingerprint density at radius 3 is 1.85 bits per heavy atom. The second kappa shape index (κ2) is 14.7. The predicted octanol–water partition coefficient (Wildman–Crippen LogP) is 8.79. The molecule has 5 heteroatoms. The van der Waals surface area contributed by atoms with Gasteiger partial charge in [-0.3, -0.25) is 0 Å². The molecule has 0 aliphatic rings. The number of unbranched alkanes of at least 4 members (excludes halogenated alkanes) is 11. The summed E-state index contributed by atoms with van der Waals surface area (Å²) in [5.41, 5.74) is 0. The minimum atomic E-state index is -2.24. The summed E-state index contributed by atoms with van der Waals surface area (Å²) in [6, 6.07) is 5.28. The maximum Gasteiger partial charge on any atom is 0.392 e. The third-order valence-electron chi connectivity index (χ3n) is 4.70. The number of rotatable bonds is 16. The molecule has 0 unspecified atom stereocenters. The van der Waals surface area contributed by atoms with Gasteiger partial charge < -0.3 is 8.85 Å². The quantitative estimate of drug-likeness (QED) is 0.192. The molecule has 0 amide bonds. The van der Waals surface area contributed by atoms with E-state index in [4.69, 9.17) is 32.1 Å². The lowest BCUT2D eigenvalue weighted by molar-refractivity contribution is 0.241. The SMILES string of the molecule is CCCCCCCCCCCCCCO[Si](C)(C)Oc1cc(Cl)ccc1Cl. The van der Waals surface area contributed by atoms with Gasteiger partial charge in [-0.1, -0.05) is 101 Å². The van der Waals surface area contributed by atoms with Crippen molar-refractivity contribution >= 4 is 31.8 Å². The van der Waals surface area contributed by atoms with Gasteiger partial charge >= 0.3 is 8.56 Å². The summed E-state index contributed by atoms with van der Waals surface area (Å²) >= 11 is 12.2. The van der Waals surface area contributed by atoms with Gasteiger partial charge in [-0.2, -0.15) is 0 Å². The van der Waals surface area contributed by atoms with Gasteiger partial charge in [-0.15, -0.1) is 0 Å². The molecule has 27 heavy (non-hydrogen) atoms. The maximum absolute atomic E-state index is 6.17. The zero-order valence-electron chi connectivity index (χ0n) is 17.5. The van der Waals surface area contributed by atoms with E-state index in [1.165, 1.54) is 70.6 Å². The first kappa shape index (κ1) is 24.8. The van der Waals surface area contributed by atoms with Gasteiger partial charge in [0, 0.05) is 11.6 Å². The summed E-state index contributed by atoms with van der Waals surface area (Å²) < 4.78 is 12.1. The molecular formula is C22H38Cl2O2Si. The van der Waals surface area contributed by atoms with E-state index in [0.717, 1.165) is 13.0 Å². The molecule has 1 aromatic rings. The monoisotopic (exact) mass is 432 g/mol. The highest BCUT2D eigenvalue weighted by atomic mass is 35.5. The average Bonchev–Trinajstić information content (AvgIpc) is 2.62. The van der Waals surface area contributed by atoms with Crippen LogP contribution < -0.4 is 4.43 Å². The fourth-order valence-electron chi connectivity index (χ4n) is 3.11. The average molecular weight is 434 g/mol. The topological polar surface area (TPSA) is 18.5 Å². The first-order chi connectivity index (χ1) is 12.9. The van der Waals surface area contributed by atoms with Crippen LogP contribution >= 0.6 is 23.2 Å². The highest BCUT2D eigenvalue weighted by Crippen LogP contribution is 2.30. The summed E-state index contributed by atoms with van der Waals surface area (Å²) in [6.07, 6.45) is 16.2. The van der Waals surface area contributed by atoms with Gasteiger partial charge in [-0.05, 0) is 37.7 Å². The Balaban J connectivity index is 2.01. The summed E-state index contributed by atoms with van der Waals surface area (Å²) in [4.78, 5) is 0. The van der Waals surface area contributed by atoms with E-state index in [1.807, 2.05) is 13.1 Å². The van der Waals surface area contributed by atoms with Crippen molar-refractivity contribution in [1.29, 1.82) is 0 Å². The molecule has 0 N–H and O–H groups in total. The van der Waals surface area contributed by atoms with Gasteiger partial charge in [0.15, 0.2) is 0 Å². The van der Waals surface area contributed by atoms with Gasteiger partial charge in [-0.25, -0.2) is 0 Å². The van der Waals surface area contributed by atoms with Crippen LogP contribution in [0.3, 0.4) is 0 Å². The Morgan fingerprint density at radius 1 is 0.778 bits per heavy atom. The molecule has 0 atom stereocenters. The molecule has 0 saturated carbocycles. The standard InChI is InChI=1S/C22H38Cl2O2Si/c1-4-5-6-7-8-9-10-11-12-13-14-15-18-25-27(2,3)26-22-19-20(23)16-17-21(22)24/h16-17,19H,4-15,18H2,1-3H3. The lowest BCUT2D eigenvalue weighted by atomic mass is 10.1. The summed E-state index contributed by atoms with van der Waals surface area (Å²) in [5, 5.41) is 1.20. The van der Waals surface area contributed by atoms with Crippen LogP contribution in [0.5, 0.6) is 5.75 Å². The zero-order chi connectivity index (χ0) is 20.0. The highest BCUT2D eigenvalue weighted by Gasteiger charge is 2.27. The van der Waals surface area contributed by atoms with Crippen LogP contribution in [0.2, 0.25) is 23.1 Å². The van der Waals surface area contributed by atoms with Crippen molar-refractivity contribution in [1.82, 2.24) is 0 Å². The van der Waals surface area contributed by atoms with Gasteiger partial charge in [0.2, 0.25) is 0 Å². The lowest BCUT2D eigenvalue weighted by Gasteiger charge is -2.24. The first-order valence-corrected chi connectivity index (χ1v) is 14.3. The maximum atomic E-state index is 6.17. The fourth-order valence-corrected chi connectivity index (χ4v) is 4.89. The summed E-state index contributed by atoms with van der Waals surface area (Å²) in [5.74, 6) is 0.621. The number of benzene rings is 1. The van der Waals surface area contributed by atoms with E-state index in [0.29, 0.717) is 15.8 Å². The Hall–Kier alpha value is -0.223. The first-order valence-electron chi connectivity index (χ1n) is 10.7. The number of hydrogen-bond donors (Lipinski definition) is 0. The Labute approximate surface area is 178 Å². The van der Waals surface area contributed by atoms with Crippen molar-refractivity contribution in [3.8, 4) is 5.75 Å². The minimum absolute atomic E-state index is 0.578. The molecular weight excluding hydrogens is 395 g/mol. The van der Waals surface area contributed by atoms with Crippen LogP contribution in [-0.2, 0) is 4.43 Å². The zero-order valence-corrected chi connectivity index (χ0v) is 20.0. The van der Waals surface area contributed by atoms with Gasteiger partial charge in [0.25, 0.3) is 0 Å². The number of halogens is 2. The Bertz CT molecular complexity index is 509. The van der Waals surface area contributed by atoms with Crippen molar-refractivity contribution in [2.45, 2.75) is 97.1 Å². The van der Waals surface area contributed by atoms with Crippen LogP contribution in [0.1, 0.15) is 84.0 Å². The molecule has 0 saturated heterocycles. The molecule has 0 spiro atoms. The molecule has 0 aliphatic heterocycles. The second-order valence-electron chi connectivity index (χ2n) is 7.81. The van der Waals surface area contributed by atoms with E-state index in [1.54, 1.807) is 18.2 Å². The molecule has 0 aromatic heterocycles. The number of hydrogen-bond acceptors (Lipinski definition) is 2. The Kier molecular flexibility index (Phi) is 13.5. The molecule has 0 bridgehead atoms. The minimum Gasteiger partial charge on any atom is -0.519 e. The third kappa shape index (κ3) is 12.8. The van der Waals surface area contributed by atoms with E-state index in [9.17, 15) is 0 Å². The smallest absolute Gasteiger partial charge is 0.392 e. The molecule has 0 fully saturated rings. The molecule has 0 heterocycles. The van der Waals surface area contributed by atoms with Crippen molar-refractivity contribution in [3.05, 3.63) is 28.2 Å². The van der Waals surface area contributed by atoms with Gasteiger partial charge in [0.1, 0.15) is 5.75 Å². The van der Waals surface area contributed by atoms with Crippen LogP contribution in [0.15, 0.2) is 18.2 Å². The largest absolute Gasteiger partial charge is 0.519 e. The van der Waals surface area contributed by atoms with E-state index >= 15 is 0 Å². The van der Waals surface area contributed by atoms with Crippen LogP contribution in [0.25, 0.3) is 0 Å². The summed E-state index contributed by atoms with van der Waals surface area (Å²) in [7, 11) is -2.24. The van der Waals surface area contributed by atoms with Crippen LogP contribution in [0, 0.1) is 0 Å². The van der Waals surface area contributed by atoms with Crippen molar-refractivity contribution < 1.29 is 8.85 Å². The predicted molar refractivity (Wildman–Crippen MR) is 122 cm³/mol. The van der Waals surface area contributed by atoms with E-state index < -0.39 is 8.56 Å². The van der Waals surface area contributed by atoms with Crippen LogP contribution in [0.4, 0.5) is 0 Å². The molecule has 156 valence electrons. The normalized spacial score (nSPS) is 11.7. The van der Waals surface area contributed by atoms with Crippen LogP contribution in [-0.4, -0.2) is 15.2 Å². The Morgan fingerprint density at radius 2 is 1.30 bits per heavy atom. The van der Waals surface area contributed by atoms with Gasteiger partial charge in [0.05, 0.1) is 5.02 Å². The molecule has 1 aromatic carbocycles. The lowest BCUT2D eigenvalue weighted by Crippen LogP contribution is -2.38. The summed E-state index contributed by atoms with van der Waals surface area (Å²) in [6.45, 7) is 7.13. The van der Waals surface area contributed by atoms with Crippen molar-refractivity contribution in [2.75, 3.05) is 6.61 Å². The molecule has 0 radical (unpaired) electrons. The van der Waals surface area contributed by atoms with E-state index in [-0.39, 0.29) is 0 Å². The molecule has 2 nitrogen and oxygen atoms in total. The second-order valence-corrected chi connectivity index (χ2v) is 12.0. The third-order valence-corrected chi connectivity index (χ3v) is 6.85. The molecule has 1 rings (SSSR count). The van der Waals surface area contributed by atoms with E-state index in [2.05, 4.69) is 6.92 Å². The van der Waals surface area contributed by atoms with Crippen molar-refractivity contribution in [2.24, 2.45) is 0 Å². The molecule has 0 aliphatic carbocycles. The van der Waals surface area contributed by atoms with Crippen molar-refractivity contribution in [3.63, 3.8) is 0 Å².